The smallest absolute Gasteiger partial charge is 0.106 e. The minimum Gasteiger partial charge on any atom is -0.399 e. The van der Waals surface area contributed by atoms with Gasteiger partial charge in [0.25, 0.3) is 0 Å². The van der Waals surface area contributed by atoms with Gasteiger partial charge < -0.3 is 10.3 Å². The monoisotopic (exact) mass is 203 g/mol. The predicted octanol–water partition coefficient (Wildman–Crippen LogP) is 2.90. The molecule has 2 aromatic rings. The van der Waals surface area contributed by atoms with E-state index in [4.69, 9.17) is 5.73 Å². The topological polar surface area (TPSA) is 43.8 Å². The molecule has 1 atom stereocenters. The molecule has 3 heteroatoms. The summed E-state index contributed by atoms with van der Waals surface area (Å²) in [5, 5.41) is 0. The van der Waals surface area contributed by atoms with E-state index < -0.39 is 0 Å². The largest absolute Gasteiger partial charge is 0.399 e. The van der Waals surface area contributed by atoms with Crippen molar-refractivity contribution in [3.63, 3.8) is 0 Å². The van der Waals surface area contributed by atoms with Crippen LogP contribution < -0.4 is 5.73 Å². The molecule has 0 radical (unpaired) electrons. The number of anilines is 1. The van der Waals surface area contributed by atoms with E-state index in [1.165, 1.54) is 0 Å². The van der Waals surface area contributed by atoms with Gasteiger partial charge in [0.05, 0.1) is 11.0 Å². The van der Waals surface area contributed by atoms with Gasteiger partial charge in [0.15, 0.2) is 0 Å². The molecule has 15 heavy (non-hydrogen) atoms. The van der Waals surface area contributed by atoms with E-state index in [1.807, 2.05) is 25.1 Å². The minimum absolute atomic E-state index is 0.469. The average molecular weight is 203 g/mol. The van der Waals surface area contributed by atoms with Gasteiger partial charge in [-0.05, 0) is 38.5 Å². The van der Waals surface area contributed by atoms with Crippen LogP contribution in [0.3, 0.4) is 0 Å². The van der Waals surface area contributed by atoms with Gasteiger partial charge in [-0.2, -0.15) is 0 Å². The molecule has 0 fully saturated rings. The van der Waals surface area contributed by atoms with Crippen molar-refractivity contribution in [3.05, 3.63) is 24.0 Å². The van der Waals surface area contributed by atoms with Gasteiger partial charge in [-0.3, -0.25) is 0 Å². The molecule has 0 spiro atoms. The van der Waals surface area contributed by atoms with Crippen LogP contribution in [0.5, 0.6) is 0 Å². The molecule has 2 rings (SSSR count). The summed E-state index contributed by atoms with van der Waals surface area (Å²) < 4.78 is 2.26. The molecular weight excluding hydrogens is 186 g/mol. The Hall–Kier alpha value is -1.51. The van der Waals surface area contributed by atoms with Crippen molar-refractivity contribution >= 4 is 16.7 Å². The van der Waals surface area contributed by atoms with Crippen LogP contribution in [0.2, 0.25) is 0 Å². The molecule has 0 saturated carbocycles. The molecule has 1 heterocycles. The van der Waals surface area contributed by atoms with Crippen LogP contribution in [-0.4, -0.2) is 9.55 Å². The van der Waals surface area contributed by atoms with Crippen LogP contribution in [0.4, 0.5) is 5.69 Å². The molecule has 0 saturated heterocycles. The number of benzene rings is 1. The Morgan fingerprint density at radius 2 is 2.20 bits per heavy atom. The second-order valence-electron chi connectivity index (χ2n) is 4.03. The highest BCUT2D eigenvalue weighted by molar-refractivity contribution is 5.79. The number of hydrogen-bond donors (Lipinski definition) is 1. The van der Waals surface area contributed by atoms with Gasteiger partial charge in [-0.25, -0.2) is 4.98 Å². The summed E-state index contributed by atoms with van der Waals surface area (Å²) in [5.74, 6) is 1.06. The lowest BCUT2D eigenvalue weighted by atomic mass is 10.2. The summed E-state index contributed by atoms with van der Waals surface area (Å²) in [7, 11) is 0. The molecule has 0 aliphatic carbocycles. The lowest BCUT2D eigenvalue weighted by Crippen LogP contribution is -2.05. The van der Waals surface area contributed by atoms with Crippen LogP contribution >= 0.6 is 0 Å². The number of aryl methyl sites for hydroxylation is 1. The molecule has 0 aliphatic rings. The average Bonchev–Trinajstić information content (AvgIpc) is 2.52. The zero-order valence-electron chi connectivity index (χ0n) is 9.49. The third-order valence-corrected chi connectivity index (χ3v) is 2.92. The normalized spacial score (nSPS) is 13.3. The number of nitrogen functional groups attached to an aromatic ring is 1. The molecule has 2 N–H and O–H groups in total. The number of nitrogens with zero attached hydrogens (tertiary/aromatic N) is 2. The molecule has 3 nitrogen and oxygen atoms in total. The molecule has 0 aliphatic heterocycles. The third-order valence-electron chi connectivity index (χ3n) is 2.92. The molecular formula is C12H17N3. The van der Waals surface area contributed by atoms with E-state index in [0.717, 1.165) is 29.0 Å². The maximum absolute atomic E-state index is 5.80. The number of rotatable bonds is 2. The van der Waals surface area contributed by atoms with Crippen molar-refractivity contribution in [1.29, 1.82) is 0 Å². The summed E-state index contributed by atoms with van der Waals surface area (Å²) in [6.07, 6.45) is 1.10. The van der Waals surface area contributed by atoms with E-state index in [-0.39, 0.29) is 0 Å². The maximum atomic E-state index is 5.80. The first-order chi connectivity index (χ1) is 7.13. The first-order valence-corrected chi connectivity index (χ1v) is 5.37. The van der Waals surface area contributed by atoms with Crippen LogP contribution in [0, 0.1) is 6.92 Å². The highest BCUT2D eigenvalue weighted by Gasteiger charge is 2.11. The van der Waals surface area contributed by atoms with E-state index in [1.54, 1.807) is 0 Å². The number of imidazole rings is 1. The van der Waals surface area contributed by atoms with E-state index in [2.05, 4.69) is 23.4 Å². The lowest BCUT2D eigenvalue weighted by molar-refractivity contribution is 0.532. The van der Waals surface area contributed by atoms with Gasteiger partial charge >= 0.3 is 0 Å². The lowest BCUT2D eigenvalue weighted by Gasteiger charge is -2.14. The van der Waals surface area contributed by atoms with Crippen LogP contribution in [0.25, 0.3) is 11.0 Å². The van der Waals surface area contributed by atoms with Crippen molar-refractivity contribution in [2.45, 2.75) is 33.2 Å². The summed E-state index contributed by atoms with van der Waals surface area (Å²) in [5.41, 5.74) is 8.77. The molecule has 0 amide bonds. The fraction of sp³-hybridized carbons (Fsp3) is 0.417. The van der Waals surface area contributed by atoms with Gasteiger partial charge in [0.2, 0.25) is 0 Å². The summed E-state index contributed by atoms with van der Waals surface area (Å²) in [4.78, 5) is 4.53. The fourth-order valence-corrected chi connectivity index (χ4v) is 1.97. The maximum Gasteiger partial charge on any atom is 0.106 e. The SMILES string of the molecule is CCC(C)n1c(C)nc2ccc(N)cc21. The van der Waals surface area contributed by atoms with Gasteiger partial charge in [0.1, 0.15) is 5.82 Å². The highest BCUT2D eigenvalue weighted by atomic mass is 15.1. The van der Waals surface area contributed by atoms with Crippen molar-refractivity contribution in [2.75, 3.05) is 5.73 Å². The Morgan fingerprint density at radius 1 is 1.47 bits per heavy atom. The van der Waals surface area contributed by atoms with Crippen LogP contribution in [-0.2, 0) is 0 Å². The zero-order valence-corrected chi connectivity index (χ0v) is 9.49. The number of hydrogen-bond acceptors (Lipinski definition) is 2. The van der Waals surface area contributed by atoms with E-state index in [9.17, 15) is 0 Å². The Kier molecular flexibility index (Phi) is 2.39. The number of fused-ring (bicyclic) bond motifs is 1. The highest BCUT2D eigenvalue weighted by Crippen LogP contribution is 2.24. The van der Waals surface area contributed by atoms with Crippen molar-refractivity contribution in [1.82, 2.24) is 9.55 Å². The van der Waals surface area contributed by atoms with E-state index >= 15 is 0 Å². The van der Waals surface area contributed by atoms with Crippen molar-refractivity contribution < 1.29 is 0 Å². The Balaban J connectivity index is 2.70. The molecule has 1 aromatic heterocycles. The van der Waals surface area contributed by atoms with Crippen LogP contribution in [0.15, 0.2) is 18.2 Å². The van der Waals surface area contributed by atoms with Crippen molar-refractivity contribution in [3.8, 4) is 0 Å². The zero-order chi connectivity index (χ0) is 11.0. The fourth-order valence-electron chi connectivity index (χ4n) is 1.97. The van der Waals surface area contributed by atoms with Gasteiger partial charge in [0, 0.05) is 11.7 Å². The Labute approximate surface area is 89.9 Å². The first-order valence-electron chi connectivity index (χ1n) is 5.37. The molecule has 1 aromatic carbocycles. The van der Waals surface area contributed by atoms with Gasteiger partial charge in [-0.15, -0.1) is 0 Å². The summed E-state index contributed by atoms with van der Waals surface area (Å²) in [6.45, 7) is 6.43. The molecule has 80 valence electrons. The Bertz CT molecular complexity index is 485. The summed E-state index contributed by atoms with van der Waals surface area (Å²) in [6, 6.07) is 6.35. The second kappa shape index (κ2) is 3.57. The quantitative estimate of drug-likeness (QED) is 0.763. The number of nitrogens with two attached hydrogens (primary N) is 1. The standard InChI is InChI=1S/C12H17N3/c1-4-8(2)15-9(3)14-11-6-5-10(13)7-12(11)15/h5-8H,4,13H2,1-3H3. The van der Waals surface area contributed by atoms with E-state index in [0.29, 0.717) is 6.04 Å². The van der Waals surface area contributed by atoms with Crippen molar-refractivity contribution in [2.24, 2.45) is 0 Å². The molecule has 0 bridgehead atoms. The predicted molar refractivity (Wildman–Crippen MR) is 63.9 cm³/mol. The molecule has 1 unspecified atom stereocenters. The minimum atomic E-state index is 0.469. The van der Waals surface area contributed by atoms with Gasteiger partial charge in [-0.1, -0.05) is 6.92 Å². The summed E-state index contributed by atoms with van der Waals surface area (Å²) >= 11 is 0. The van der Waals surface area contributed by atoms with Crippen LogP contribution in [0.1, 0.15) is 32.1 Å². The second-order valence-corrected chi connectivity index (χ2v) is 4.03. The number of aromatic nitrogens is 2. The third kappa shape index (κ3) is 1.58. The first kappa shape index (κ1) is 10.0. The Morgan fingerprint density at radius 3 is 2.87 bits per heavy atom.